The van der Waals surface area contributed by atoms with Gasteiger partial charge < -0.3 is 14.6 Å². The van der Waals surface area contributed by atoms with E-state index in [0.717, 1.165) is 21.8 Å². The van der Waals surface area contributed by atoms with E-state index in [1.54, 1.807) is 39.0 Å². The molecule has 1 fully saturated rings. The van der Waals surface area contributed by atoms with Crippen LogP contribution in [-0.2, 0) is 20.9 Å². The number of Topliss-reactive ketones (excluding diaryl/α,β-unsaturated/α-hetero) is 1. The fourth-order valence-electron chi connectivity index (χ4n) is 4.84. The van der Waals surface area contributed by atoms with Crippen LogP contribution in [0.4, 0.5) is 10.8 Å². The Balaban J connectivity index is 1.58. The van der Waals surface area contributed by atoms with Crippen LogP contribution in [0.2, 0.25) is 0 Å². The third-order valence-electron chi connectivity index (χ3n) is 7.00. The Labute approximate surface area is 256 Å². The van der Waals surface area contributed by atoms with Gasteiger partial charge in [-0.05, 0) is 67.8 Å². The maximum absolute atomic E-state index is 13.5. The molecule has 1 saturated heterocycles. The summed E-state index contributed by atoms with van der Waals surface area (Å²) in [4.78, 5) is 55.9. The first kappa shape index (κ1) is 30.1. The van der Waals surface area contributed by atoms with Crippen LogP contribution in [0.3, 0.4) is 0 Å². The first-order valence-corrected chi connectivity index (χ1v) is 14.4. The van der Waals surface area contributed by atoms with Crippen molar-refractivity contribution in [3.8, 4) is 5.75 Å². The van der Waals surface area contributed by atoms with Crippen LogP contribution >= 0.6 is 11.3 Å². The van der Waals surface area contributed by atoms with Gasteiger partial charge in [0.15, 0.2) is 5.13 Å². The van der Waals surface area contributed by atoms with E-state index in [2.05, 4.69) is 4.98 Å². The van der Waals surface area contributed by atoms with Crippen molar-refractivity contribution in [3.63, 3.8) is 0 Å². The van der Waals surface area contributed by atoms with Crippen LogP contribution in [0.1, 0.15) is 50.6 Å². The molecule has 12 heteroatoms. The van der Waals surface area contributed by atoms with Crippen molar-refractivity contribution in [3.05, 3.63) is 121 Å². The zero-order valence-electron chi connectivity index (χ0n) is 24.0. The van der Waals surface area contributed by atoms with Gasteiger partial charge in [-0.1, -0.05) is 41.7 Å². The number of thiazole rings is 1. The lowest BCUT2D eigenvalue weighted by atomic mass is 9.94. The number of rotatable bonds is 9. The molecule has 0 radical (unpaired) electrons. The number of aliphatic hydroxyl groups excluding tert-OH is 1. The quantitative estimate of drug-likeness (QED) is 0.0594. The Hall–Kier alpha value is -5.36. The smallest absolute Gasteiger partial charge is 0.350 e. The Morgan fingerprint density at radius 1 is 1.07 bits per heavy atom. The Morgan fingerprint density at radius 3 is 2.41 bits per heavy atom. The van der Waals surface area contributed by atoms with E-state index in [1.165, 1.54) is 24.3 Å². The number of amides is 1. The highest BCUT2D eigenvalue weighted by Gasteiger charge is 2.48. The molecule has 1 N–H and O–H groups in total. The van der Waals surface area contributed by atoms with Crippen LogP contribution < -0.4 is 9.64 Å². The molecule has 1 atom stereocenters. The number of ketones is 1. The summed E-state index contributed by atoms with van der Waals surface area (Å²) in [6, 6.07) is 18.6. The zero-order chi connectivity index (χ0) is 31.5. The third kappa shape index (κ3) is 5.79. The second kappa shape index (κ2) is 12.5. The number of carbonyl (C=O) groups is 3. The average Bonchev–Trinajstić information content (AvgIpc) is 3.52. The van der Waals surface area contributed by atoms with E-state index in [-0.39, 0.29) is 33.4 Å². The largest absolute Gasteiger partial charge is 0.507 e. The fraction of sp³-hybridized carbons (Fsp3) is 0.188. The molecule has 1 amide bonds. The molecule has 0 bridgehead atoms. The Morgan fingerprint density at radius 2 is 1.77 bits per heavy atom. The molecule has 0 saturated carbocycles. The number of nitrogens with zero attached hydrogens (tertiary/aromatic N) is 3. The minimum absolute atomic E-state index is 0.0379. The molecule has 224 valence electrons. The summed E-state index contributed by atoms with van der Waals surface area (Å²) in [7, 11) is 0. The van der Waals surface area contributed by atoms with E-state index >= 15 is 0 Å². The minimum atomic E-state index is -1.19. The maximum Gasteiger partial charge on any atom is 0.350 e. The first-order chi connectivity index (χ1) is 21.1. The number of non-ortho nitro benzene ring substituents is 1. The molecule has 44 heavy (non-hydrogen) atoms. The number of aryl methyl sites for hydroxylation is 2. The number of nitro groups is 1. The van der Waals surface area contributed by atoms with Crippen LogP contribution in [0.25, 0.3) is 5.76 Å². The number of aromatic nitrogens is 1. The molecular weight excluding hydrogens is 586 g/mol. The summed E-state index contributed by atoms with van der Waals surface area (Å²) in [5, 5.41) is 22.9. The minimum Gasteiger partial charge on any atom is -0.507 e. The lowest BCUT2D eigenvalue weighted by Gasteiger charge is -2.23. The van der Waals surface area contributed by atoms with Gasteiger partial charge in [0.1, 0.15) is 23.0 Å². The lowest BCUT2D eigenvalue weighted by molar-refractivity contribution is -0.384. The van der Waals surface area contributed by atoms with Gasteiger partial charge in [-0.25, -0.2) is 9.78 Å². The molecule has 11 nitrogen and oxygen atoms in total. The second-order valence-electron chi connectivity index (χ2n) is 9.90. The number of benzene rings is 3. The molecule has 5 rings (SSSR count). The highest BCUT2D eigenvalue weighted by atomic mass is 32.1. The second-order valence-corrected chi connectivity index (χ2v) is 10.9. The van der Waals surface area contributed by atoms with E-state index in [9.17, 15) is 29.6 Å². The number of hydrogen-bond acceptors (Lipinski definition) is 10. The summed E-state index contributed by atoms with van der Waals surface area (Å²) in [5.41, 5.74) is 2.12. The highest BCUT2D eigenvalue weighted by Crippen LogP contribution is 2.44. The zero-order valence-corrected chi connectivity index (χ0v) is 24.8. The van der Waals surface area contributed by atoms with Crippen molar-refractivity contribution in [2.75, 3.05) is 11.5 Å². The van der Waals surface area contributed by atoms with Crippen LogP contribution in [0.5, 0.6) is 5.75 Å². The van der Waals surface area contributed by atoms with Gasteiger partial charge in [0.25, 0.3) is 11.5 Å². The molecule has 4 aromatic rings. The average molecular weight is 614 g/mol. The molecule has 3 aromatic carbocycles. The van der Waals surface area contributed by atoms with E-state index in [4.69, 9.17) is 9.47 Å². The molecule has 2 heterocycles. The van der Waals surface area contributed by atoms with Gasteiger partial charge in [0.05, 0.1) is 28.8 Å². The number of hydrogen-bond donors (Lipinski definition) is 1. The molecule has 0 aliphatic carbocycles. The normalized spacial score (nSPS) is 15.8. The summed E-state index contributed by atoms with van der Waals surface area (Å²) in [5.74, 6) is -2.44. The number of ether oxygens (including phenoxy) is 2. The number of aliphatic hydroxyl groups is 1. The molecule has 0 unspecified atom stereocenters. The van der Waals surface area contributed by atoms with E-state index in [0.29, 0.717) is 29.2 Å². The highest BCUT2D eigenvalue weighted by molar-refractivity contribution is 7.17. The van der Waals surface area contributed by atoms with Crippen LogP contribution in [-0.4, -0.2) is 39.3 Å². The third-order valence-corrected chi connectivity index (χ3v) is 8.14. The summed E-state index contributed by atoms with van der Waals surface area (Å²) < 4.78 is 11.0. The van der Waals surface area contributed by atoms with Crippen LogP contribution in [0, 0.1) is 24.0 Å². The van der Waals surface area contributed by atoms with E-state index in [1.807, 2.05) is 30.3 Å². The fourth-order valence-corrected chi connectivity index (χ4v) is 5.83. The molecule has 1 aliphatic heterocycles. The molecule has 1 aromatic heterocycles. The van der Waals surface area contributed by atoms with Crippen molar-refractivity contribution >= 4 is 45.6 Å². The van der Waals surface area contributed by atoms with Crippen LogP contribution in [0.15, 0.2) is 78.4 Å². The summed E-state index contributed by atoms with van der Waals surface area (Å²) in [6.45, 7) is 5.49. The Kier molecular flexibility index (Phi) is 8.54. The number of esters is 1. The Bertz CT molecular complexity index is 1800. The van der Waals surface area contributed by atoms with Crippen molar-refractivity contribution in [2.24, 2.45) is 0 Å². The predicted molar refractivity (Wildman–Crippen MR) is 163 cm³/mol. The summed E-state index contributed by atoms with van der Waals surface area (Å²) >= 11 is 0.873. The van der Waals surface area contributed by atoms with E-state index < -0.39 is 34.4 Å². The standard InChI is InChI=1S/C32H27N3O8S/c1-4-42-31(39)29-19(3)33-32(44-29)34-26(21-10-13-23(14-11-21)35(40)41)25(28(37)30(34)38)27(36)22-12-15-24(18(2)16-22)43-17-20-8-6-5-7-9-20/h5-16,26,36H,4,17H2,1-3H3/b27-25+/t26-/m1/s1. The number of carbonyl (C=O) groups excluding carboxylic acids is 3. The number of nitro benzene ring substituents is 1. The van der Waals surface area contributed by atoms with Gasteiger partial charge in [-0.3, -0.25) is 24.6 Å². The molecule has 1 aliphatic rings. The van der Waals surface area contributed by atoms with Crippen molar-refractivity contribution < 1.29 is 33.9 Å². The lowest BCUT2D eigenvalue weighted by Crippen LogP contribution is -2.29. The SMILES string of the molecule is CCOC(=O)c1sc(N2C(=O)C(=O)/C(=C(/O)c3ccc(OCc4ccccc4)c(C)c3)[C@H]2c2ccc([N+](=O)[O-])cc2)nc1C. The predicted octanol–water partition coefficient (Wildman–Crippen LogP) is 6.05. The maximum atomic E-state index is 13.5. The first-order valence-electron chi connectivity index (χ1n) is 13.6. The van der Waals surface area contributed by atoms with Crippen molar-refractivity contribution in [1.82, 2.24) is 4.98 Å². The van der Waals surface area contributed by atoms with Gasteiger partial charge >= 0.3 is 11.9 Å². The van der Waals surface area contributed by atoms with Crippen molar-refractivity contribution in [2.45, 2.75) is 33.4 Å². The molecular formula is C32H27N3O8S. The van der Waals surface area contributed by atoms with Gasteiger partial charge in [0.2, 0.25) is 0 Å². The van der Waals surface area contributed by atoms with Gasteiger partial charge in [-0.2, -0.15) is 0 Å². The topological polar surface area (TPSA) is 149 Å². The van der Waals surface area contributed by atoms with Gasteiger partial charge in [0, 0.05) is 17.7 Å². The molecule has 0 spiro atoms. The number of anilines is 1. The monoisotopic (exact) mass is 613 g/mol. The summed E-state index contributed by atoms with van der Waals surface area (Å²) in [6.07, 6.45) is 0. The van der Waals surface area contributed by atoms with Gasteiger partial charge in [-0.15, -0.1) is 0 Å². The van der Waals surface area contributed by atoms with Crippen molar-refractivity contribution in [1.29, 1.82) is 0 Å².